The molecule has 2 rings (SSSR count). The summed E-state index contributed by atoms with van der Waals surface area (Å²) in [6, 6.07) is 2.59. The van der Waals surface area contributed by atoms with Crippen molar-refractivity contribution in [2.24, 2.45) is 4.99 Å². The van der Waals surface area contributed by atoms with Crippen molar-refractivity contribution in [1.82, 2.24) is 4.72 Å². The van der Waals surface area contributed by atoms with Crippen LogP contribution in [0.3, 0.4) is 0 Å². The van der Waals surface area contributed by atoms with Crippen molar-refractivity contribution in [2.45, 2.75) is 42.3 Å². The highest BCUT2D eigenvalue weighted by atomic mass is 32.2. The molecule has 9 heteroatoms. The van der Waals surface area contributed by atoms with Gasteiger partial charge in [0.2, 0.25) is 0 Å². The highest BCUT2D eigenvalue weighted by Crippen LogP contribution is 2.37. The third kappa shape index (κ3) is 3.52. The van der Waals surface area contributed by atoms with Gasteiger partial charge in [0.1, 0.15) is 4.90 Å². The lowest BCUT2D eigenvalue weighted by Gasteiger charge is -2.21. The smallest absolute Gasteiger partial charge is 0.259 e. The molecule has 0 saturated heterocycles. The molecule has 1 heterocycles. The zero-order valence-electron chi connectivity index (χ0n) is 11.2. The van der Waals surface area contributed by atoms with E-state index in [9.17, 15) is 21.6 Å². The largest absolute Gasteiger partial charge is 0.416 e. The van der Waals surface area contributed by atoms with E-state index in [1.807, 2.05) is 13.8 Å². The van der Waals surface area contributed by atoms with Crippen LogP contribution < -0.4 is 4.72 Å². The molecule has 21 heavy (non-hydrogen) atoms. The van der Waals surface area contributed by atoms with Crippen LogP contribution in [0.15, 0.2) is 33.0 Å². The Kier molecular flexibility index (Phi) is 4.25. The molecule has 0 bridgehead atoms. The molecule has 0 amide bonds. The van der Waals surface area contributed by atoms with Crippen molar-refractivity contribution < 1.29 is 21.6 Å². The van der Waals surface area contributed by atoms with Gasteiger partial charge in [-0.2, -0.15) is 13.2 Å². The van der Waals surface area contributed by atoms with Crippen molar-refractivity contribution in [3.05, 3.63) is 23.8 Å². The van der Waals surface area contributed by atoms with Gasteiger partial charge in [-0.15, -0.1) is 0 Å². The van der Waals surface area contributed by atoms with Gasteiger partial charge in [-0.1, -0.05) is 18.7 Å². The Balaban J connectivity index is 2.48. The Bertz CT molecular complexity index is 684. The zero-order valence-corrected chi connectivity index (χ0v) is 12.9. The molecule has 0 aromatic heterocycles. The number of rotatable bonds is 2. The summed E-state index contributed by atoms with van der Waals surface area (Å²) in [6.07, 6.45) is -3.86. The summed E-state index contributed by atoms with van der Waals surface area (Å²) in [5.41, 5.74) is -0.991. The Morgan fingerprint density at radius 2 is 2.05 bits per heavy atom. The normalized spacial score (nSPS) is 20.7. The second-order valence-corrected chi connectivity index (χ2v) is 7.24. The van der Waals surface area contributed by atoms with Crippen LogP contribution in [-0.4, -0.2) is 19.6 Å². The summed E-state index contributed by atoms with van der Waals surface area (Å²) in [5, 5.41) is 0.177. The molecule has 0 saturated carbocycles. The molecule has 1 unspecified atom stereocenters. The fraction of sp³-hybridized carbons (Fsp3) is 0.417. The molecule has 4 nitrogen and oxygen atoms in total. The predicted octanol–water partition coefficient (Wildman–Crippen LogP) is 3.24. The van der Waals surface area contributed by atoms with Gasteiger partial charge in [0.05, 0.1) is 5.56 Å². The second-order valence-electron chi connectivity index (χ2n) is 4.56. The maximum atomic E-state index is 12.7. The fourth-order valence-electron chi connectivity index (χ4n) is 1.62. The molecule has 1 aliphatic rings. The first-order valence-corrected chi connectivity index (χ1v) is 8.43. The van der Waals surface area contributed by atoms with E-state index in [0.717, 1.165) is 30.3 Å². The minimum absolute atomic E-state index is 0.0776. The first kappa shape index (κ1) is 16.2. The van der Waals surface area contributed by atoms with E-state index in [1.165, 1.54) is 0 Å². The van der Waals surface area contributed by atoms with E-state index in [4.69, 9.17) is 0 Å². The van der Waals surface area contributed by atoms with Crippen LogP contribution in [0.4, 0.5) is 13.2 Å². The molecule has 0 radical (unpaired) electrons. The molecule has 1 aromatic rings. The molecule has 1 aromatic carbocycles. The van der Waals surface area contributed by atoms with Gasteiger partial charge in [-0.05, 0) is 31.5 Å². The lowest BCUT2D eigenvalue weighted by Crippen LogP contribution is -2.33. The summed E-state index contributed by atoms with van der Waals surface area (Å²) in [4.78, 5) is 4.06. The third-order valence-electron chi connectivity index (χ3n) is 2.92. The molecule has 0 aliphatic carbocycles. The van der Waals surface area contributed by atoms with Gasteiger partial charge in [0.15, 0.2) is 5.17 Å². The number of nitrogens with zero attached hydrogens (tertiary/aromatic N) is 1. The van der Waals surface area contributed by atoms with Crippen LogP contribution in [0, 0.1) is 0 Å². The Morgan fingerprint density at radius 1 is 1.38 bits per heavy atom. The third-order valence-corrected chi connectivity index (χ3v) is 5.53. The number of thioether (sulfide) groups is 1. The molecule has 116 valence electrons. The average Bonchev–Trinajstić information content (AvgIpc) is 2.36. The first-order chi connectivity index (χ1) is 9.63. The monoisotopic (exact) mass is 338 g/mol. The van der Waals surface area contributed by atoms with Gasteiger partial charge in [-0.25, -0.2) is 8.42 Å². The standard InChI is InChI=1S/C12H13F3N2O2S2/c1-3-7(2)16-11-17-21(18,19)10-6-8(12(13,14)15)4-5-9(10)20-11/h4-7H,3H2,1-2H3,(H,16,17). The van der Waals surface area contributed by atoms with Gasteiger partial charge in [0, 0.05) is 10.9 Å². The molecule has 1 aliphatic heterocycles. The number of alkyl halides is 3. The Morgan fingerprint density at radius 3 is 2.62 bits per heavy atom. The second kappa shape index (κ2) is 5.53. The Labute approximate surface area is 124 Å². The van der Waals surface area contributed by atoms with Crippen LogP contribution in [-0.2, 0) is 16.2 Å². The van der Waals surface area contributed by atoms with Crippen molar-refractivity contribution in [2.75, 3.05) is 0 Å². The van der Waals surface area contributed by atoms with Gasteiger partial charge < -0.3 is 0 Å². The lowest BCUT2D eigenvalue weighted by molar-refractivity contribution is -0.137. The van der Waals surface area contributed by atoms with Gasteiger partial charge >= 0.3 is 6.18 Å². The molecular weight excluding hydrogens is 325 g/mol. The fourth-order valence-corrected chi connectivity index (χ4v) is 4.31. The highest BCUT2D eigenvalue weighted by Gasteiger charge is 2.35. The van der Waals surface area contributed by atoms with Crippen LogP contribution in [0.1, 0.15) is 25.8 Å². The number of sulfonamides is 1. The SMILES string of the molecule is CCC(C)N=C1NS(=O)(=O)c2cc(C(F)(F)F)ccc2S1. The van der Waals surface area contributed by atoms with E-state index in [0.29, 0.717) is 6.07 Å². The summed E-state index contributed by atoms with van der Waals surface area (Å²) >= 11 is 1.01. The number of hydrogen-bond donors (Lipinski definition) is 1. The van der Waals surface area contributed by atoms with E-state index < -0.39 is 21.8 Å². The molecular formula is C12H13F3N2O2S2. The van der Waals surface area contributed by atoms with Gasteiger partial charge in [0.25, 0.3) is 10.0 Å². The van der Waals surface area contributed by atoms with Crippen LogP contribution in [0.2, 0.25) is 0 Å². The number of benzene rings is 1. The van der Waals surface area contributed by atoms with E-state index in [1.54, 1.807) is 0 Å². The average molecular weight is 338 g/mol. The summed E-state index contributed by atoms with van der Waals surface area (Å²) < 4.78 is 64.3. The minimum atomic E-state index is -4.58. The minimum Gasteiger partial charge on any atom is -0.259 e. The Hall–Kier alpha value is -1.22. The van der Waals surface area contributed by atoms with Crippen LogP contribution in [0.5, 0.6) is 0 Å². The zero-order chi connectivity index (χ0) is 15.8. The molecule has 0 spiro atoms. The quantitative estimate of drug-likeness (QED) is 0.900. The summed E-state index contributed by atoms with van der Waals surface area (Å²) in [6.45, 7) is 3.73. The van der Waals surface area contributed by atoms with E-state index >= 15 is 0 Å². The van der Waals surface area contributed by atoms with Crippen molar-refractivity contribution in [3.8, 4) is 0 Å². The topological polar surface area (TPSA) is 58.5 Å². The number of aliphatic imine (C=N–C) groups is 1. The maximum Gasteiger partial charge on any atom is 0.416 e. The number of halogens is 3. The number of nitrogens with one attached hydrogen (secondary N) is 1. The number of fused-ring (bicyclic) bond motifs is 1. The maximum absolute atomic E-state index is 12.7. The van der Waals surface area contributed by atoms with Crippen LogP contribution >= 0.6 is 11.8 Å². The molecule has 0 fully saturated rings. The van der Waals surface area contributed by atoms with E-state index in [2.05, 4.69) is 9.71 Å². The molecule has 1 atom stereocenters. The summed E-state index contributed by atoms with van der Waals surface area (Å²) in [5.74, 6) is 0. The predicted molar refractivity (Wildman–Crippen MR) is 74.8 cm³/mol. The van der Waals surface area contributed by atoms with Crippen molar-refractivity contribution in [3.63, 3.8) is 0 Å². The summed E-state index contributed by atoms with van der Waals surface area (Å²) in [7, 11) is -4.03. The lowest BCUT2D eigenvalue weighted by atomic mass is 10.2. The molecule has 1 N–H and O–H groups in total. The van der Waals surface area contributed by atoms with Crippen molar-refractivity contribution >= 4 is 27.0 Å². The van der Waals surface area contributed by atoms with Crippen LogP contribution in [0.25, 0.3) is 0 Å². The number of hydrogen-bond acceptors (Lipinski definition) is 4. The highest BCUT2D eigenvalue weighted by molar-refractivity contribution is 8.16. The van der Waals surface area contributed by atoms with Gasteiger partial charge in [-0.3, -0.25) is 9.71 Å². The van der Waals surface area contributed by atoms with E-state index in [-0.39, 0.29) is 21.0 Å². The first-order valence-electron chi connectivity index (χ1n) is 6.13. The number of amidine groups is 1. The van der Waals surface area contributed by atoms with Crippen molar-refractivity contribution in [1.29, 1.82) is 0 Å².